The molecule has 1 heterocycles. The number of amides is 2. The monoisotopic (exact) mass is 368 g/mol. The van der Waals surface area contributed by atoms with Gasteiger partial charge < -0.3 is 10.6 Å². The molecule has 0 unspecified atom stereocenters. The van der Waals surface area contributed by atoms with Gasteiger partial charge in [-0.05, 0) is 48.9 Å². The van der Waals surface area contributed by atoms with E-state index in [1.807, 2.05) is 91.9 Å². The lowest BCUT2D eigenvalue weighted by Crippen LogP contribution is -2.19. The molecular weight excluding hydrogens is 348 g/mol. The minimum Gasteiger partial charge on any atom is -0.308 e. The van der Waals surface area contributed by atoms with Gasteiger partial charge in [0.25, 0.3) is 0 Å². The molecule has 0 saturated heterocycles. The average Bonchev–Trinajstić information content (AvgIpc) is 3.11. The van der Waals surface area contributed by atoms with Gasteiger partial charge in [-0.2, -0.15) is 5.10 Å². The molecule has 138 valence electrons. The fraction of sp³-hybridized carbons (Fsp3) is 0.0435. The number of carbonyl (C=O) groups excluding carboxylic acids is 1. The van der Waals surface area contributed by atoms with Gasteiger partial charge in [0.2, 0.25) is 0 Å². The Labute approximate surface area is 163 Å². The Morgan fingerprint density at radius 3 is 2.39 bits per heavy atom. The fourth-order valence-corrected chi connectivity index (χ4v) is 2.92. The van der Waals surface area contributed by atoms with Crippen molar-refractivity contribution in [3.8, 4) is 0 Å². The van der Waals surface area contributed by atoms with Crippen molar-refractivity contribution in [3.05, 3.63) is 89.6 Å². The summed E-state index contributed by atoms with van der Waals surface area (Å²) in [5.74, 6) is 0. The number of H-pyrrole nitrogens is 1. The van der Waals surface area contributed by atoms with Crippen LogP contribution in [0.1, 0.15) is 16.8 Å². The van der Waals surface area contributed by atoms with Crippen molar-refractivity contribution in [1.82, 2.24) is 10.2 Å². The highest BCUT2D eigenvalue weighted by Crippen LogP contribution is 2.22. The second-order valence-electron chi connectivity index (χ2n) is 6.56. The van der Waals surface area contributed by atoms with E-state index in [9.17, 15) is 4.79 Å². The van der Waals surface area contributed by atoms with Crippen LogP contribution in [0.2, 0.25) is 0 Å². The lowest BCUT2D eigenvalue weighted by molar-refractivity contribution is 0.262. The molecule has 5 heteroatoms. The number of carbonyl (C=O) groups is 1. The summed E-state index contributed by atoms with van der Waals surface area (Å²) in [6, 6.07) is 23.1. The zero-order chi connectivity index (χ0) is 19.3. The molecule has 5 nitrogen and oxygen atoms in total. The zero-order valence-corrected chi connectivity index (χ0v) is 15.4. The summed E-state index contributed by atoms with van der Waals surface area (Å²) in [7, 11) is 0. The number of anilines is 2. The van der Waals surface area contributed by atoms with Crippen molar-refractivity contribution in [3.63, 3.8) is 0 Å². The Kier molecular flexibility index (Phi) is 4.89. The maximum absolute atomic E-state index is 12.2. The Bertz CT molecular complexity index is 1130. The molecule has 0 atom stereocenters. The van der Waals surface area contributed by atoms with Gasteiger partial charge in [-0.15, -0.1) is 0 Å². The molecule has 0 bridgehead atoms. The number of nitrogens with zero attached hydrogens (tertiary/aromatic N) is 1. The standard InChI is InChI=1S/C23H20N4O/c1-16-7-10-18(11-8-16)24-23(28)25-19-12-13-20-21(26-27-22(20)15-19)14-9-17-5-3-2-4-6-17/h2-15H,1H3,(H,26,27)(H2,24,25,28)/b14-9+. The number of hydrogen-bond acceptors (Lipinski definition) is 2. The van der Waals surface area contributed by atoms with Crippen molar-refractivity contribution < 1.29 is 4.79 Å². The van der Waals surface area contributed by atoms with Crippen LogP contribution in [0.3, 0.4) is 0 Å². The summed E-state index contributed by atoms with van der Waals surface area (Å²) in [5.41, 5.74) is 5.42. The first-order valence-electron chi connectivity index (χ1n) is 9.03. The van der Waals surface area contributed by atoms with E-state index in [0.29, 0.717) is 5.69 Å². The molecule has 1 aromatic heterocycles. The van der Waals surface area contributed by atoms with Crippen molar-refractivity contribution >= 4 is 40.5 Å². The number of aromatic amines is 1. The first kappa shape index (κ1) is 17.5. The van der Waals surface area contributed by atoms with Crippen LogP contribution in [0.5, 0.6) is 0 Å². The summed E-state index contributed by atoms with van der Waals surface area (Å²) in [6.07, 6.45) is 4.00. The Balaban J connectivity index is 1.47. The molecule has 4 aromatic rings. The third kappa shape index (κ3) is 4.10. The third-order valence-electron chi connectivity index (χ3n) is 4.39. The Hall–Kier alpha value is -3.86. The van der Waals surface area contributed by atoms with Gasteiger partial charge in [0.05, 0.1) is 11.2 Å². The number of urea groups is 1. The van der Waals surface area contributed by atoms with Crippen molar-refractivity contribution in [2.45, 2.75) is 6.92 Å². The van der Waals surface area contributed by atoms with Crippen LogP contribution >= 0.6 is 0 Å². The third-order valence-corrected chi connectivity index (χ3v) is 4.39. The van der Waals surface area contributed by atoms with Crippen LogP contribution in [0.15, 0.2) is 72.8 Å². The number of benzene rings is 3. The van der Waals surface area contributed by atoms with E-state index in [2.05, 4.69) is 20.8 Å². The number of rotatable bonds is 4. The van der Waals surface area contributed by atoms with Crippen LogP contribution in [0.4, 0.5) is 16.2 Å². The molecule has 0 aliphatic carbocycles. The quantitative estimate of drug-likeness (QED) is 0.433. The lowest BCUT2D eigenvalue weighted by Gasteiger charge is -2.08. The van der Waals surface area contributed by atoms with Gasteiger partial charge in [-0.1, -0.05) is 54.1 Å². The number of aryl methyl sites for hydroxylation is 1. The minimum atomic E-state index is -0.285. The van der Waals surface area contributed by atoms with Crippen LogP contribution in [0.25, 0.3) is 23.1 Å². The van der Waals surface area contributed by atoms with Crippen molar-refractivity contribution in [2.24, 2.45) is 0 Å². The second kappa shape index (κ2) is 7.80. The van der Waals surface area contributed by atoms with E-state index in [-0.39, 0.29) is 6.03 Å². The zero-order valence-electron chi connectivity index (χ0n) is 15.4. The summed E-state index contributed by atoms with van der Waals surface area (Å²) >= 11 is 0. The largest absolute Gasteiger partial charge is 0.323 e. The molecule has 0 fully saturated rings. The van der Waals surface area contributed by atoms with Gasteiger partial charge in [-0.25, -0.2) is 4.79 Å². The Morgan fingerprint density at radius 2 is 1.61 bits per heavy atom. The van der Waals surface area contributed by atoms with Gasteiger partial charge in [0.1, 0.15) is 0 Å². The molecule has 4 rings (SSSR count). The normalized spacial score (nSPS) is 11.0. The molecule has 2 amide bonds. The van der Waals surface area contributed by atoms with Crippen molar-refractivity contribution in [2.75, 3.05) is 10.6 Å². The van der Waals surface area contributed by atoms with Gasteiger partial charge in [-0.3, -0.25) is 5.10 Å². The van der Waals surface area contributed by atoms with Crippen LogP contribution in [-0.2, 0) is 0 Å². The van der Waals surface area contributed by atoms with E-state index in [4.69, 9.17) is 0 Å². The highest BCUT2D eigenvalue weighted by atomic mass is 16.2. The van der Waals surface area contributed by atoms with E-state index in [1.165, 1.54) is 0 Å². The summed E-state index contributed by atoms with van der Waals surface area (Å²) < 4.78 is 0. The van der Waals surface area contributed by atoms with Gasteiger partial charge in [0, 0.05) is 16.8 Å². The SMILES string of the molecule is Cc1ccc(NC(=O)Nc2ccc3c(/C=C/c4ccccc4)n[nH]c3c2)cc1. The van der Waals surface area contributed by atoms with Crippen LogP contribution < -0.4 is 10.6 Å². The first-order chi connectivity index (χ1) is 13.7. The van der Waals surface area contributed by atoms with E-state index in [0.717, 1.165) is 33.4 Å². The predicted molar refractivity (Wildman–Crippen MR) is 115 cm³/mol. The average molecular weight is 368 g/mol. The topological polar surface area (TPSA) is 69.8 Å². The van der Waals surface area contributed by atoms with Gasteiger partial charge >= 0.3 is 6.03 Å². The van der Waals surface area contributed by atoms with Crippen LogP contribution in [-0.4, -0.2) is 16.2 Å². The second-order valence-corrected chi connectivity index (χ2v) is 6.56. The van der Waals surface area contributed by atoms with Crippen molar-refractivity contribution in [1.29, 1.82) is 0 Å². The molecule has 3 N–H and O–H groups in total. The summed E-state index contributed by atoms with van der Waals surface area (Å²) in [4.78, 5) is 12.2. The van der Waals surface area contributed by atoms with E-state index in [1.54, 1.807) is 0 Å². The predicted octanol–water partition coefficient (Wildman–Crippen LogP) is 5.69. The molecule has 3 aromatic carbocycles. The maximum Gasteiger partial charge on any atom is 0.323 e. The maximum atomic E-state index is 12.2. The minimum absolute atomic E-state index is 0.285. The van der Waals surface area contributed by atoms with Crippen LogP contribution in [0, 0.1) is 6.92 Å². The smallest absolute Gasteiger partial charge is 0.308 e. The molecule has 0 spiro atoms. The number of hydrogen-bond donors (Lipinski definition) is 3. The molecule has 0 radical (unpaired) electrons. The summed E-state index contributed by atoms with van der Waals surface area (Å²) in [6.45, 7) is 2.01. The molecule has 0 aliphatic rings. The van der Waals surface area contributed by atoms with Gasteiger partial charge in [0.15, 0.2) is 0 Å². The summed E-state index contributed by atoms with van der Waals surface area (Å²) in [5, 5.41) is 14.1. The number of nitrogens with one attached hydrogen (secondary N) is 3. The Morgan fingerprint density at radius 1 is 0.893 bits per heavy atom. The first-order valence-corrected chi connectivity index (χ1v) is 9.03. The number of fused-ring (bicyclic) bond motifs is 1. The number of aromatic nitrogens is 2. The molecular formula is C23H20N4O. The lowest BCUT2D eigenvalue weighted by atomic mass is 10.1. The highest BCUT2D eigenvalue weighted by molar-refractivity contribution is 6.01. The molecule has 0 aliphatic heterocycles. The molecule has 0 saturated carbocycles. The highest BCUT2D eigenvalue weighted by Gasteiger charge is 2.07. The fourth-order valence-electron chi connectivity index (χ4n) is 2.92. The van der Waals surface area contributed by atoms with E-state index < -0.39 is 0 Å². The molecule has 28 heavy (non-hydrogen) atoms. The van der Waals surface area contributed by atoms with E-state index >= 15 is 0 Å².